The molecular formula is C29H24FN5O4S. The summed E-state index contributed by atoms with van der Waals surface area (Å²) in [5.74, 6) is -0.749. The number of para-hydroxylation sites is 1. The molecule has 3 heterocycles. The number of hydrogen-bond donors (Lipinski definition) is 0. The van der Waals surface area contributed by atoms with Gasteiger partial charge in [-0.1, -0.05) is 30.4 Å². The summed E-state index contributed by atoms with van der Waals surface area (Å²) in [4.78, 5) is 15.0. The van der Waals surface area contributed by atoms with Gasteiger partial charge in [0.1, 0.15) is 10.4 Å². The lowest BCUT2D eigenvalue weighted by Crippen LogP contribution is -2.39. The molecule has 0 fully saturated rings. The van der Waals surface area contributed by atoms with E-state index in [0.717, 1.165) is 37.6 Å². The molecule has 0 spiro atoms. The zero-order valence-electron chi connectivity index (χ0n) is 21.9. The number of nitrogens with zero attached hydrogens (tertiary/aromatic N) is 5. The van der Waals surface area contributed by atoms with Gasteiger partial charge >= 0.3 is 0 Å². The van der Waals surface area contributed by atoms with E-state index in [-0.39, 0.29) is 17.8 Å². The standard InChI is InChI=1S/C29H24FN5O4S/c1-18-16-29(3,40(38,39)34-25-9-5-4-7-20(25)17-32-34)13-12-22(18)27-19(2)33(28-23(27)8-6-14-31-28)26-11-10-21(35(36)37)15-24(26)30/h4-12,14-17H,13H2,1-3H3. The Labute approximate surface area is 229 Å². The summed E-state index contributed by atoms with van der Waals surface area (Å²) >= 11 is 0. The lowest BCUT2D eigenvalue weighted by Gasteiger charge is -2.30. The van der Waals surface area contributed by atoms with Crippen molar-refractivity contribution in [1.29, 1.82) is 0 Å². The zero-order valence-corrected chi connectivity index (χ0v) is 22.7. The number of aromatic nitrogens is 4. The van der Waals surface area contributed by atoms with E-state index in [9.17, 15) is 18.5 Å². The molecule has 2 aromatic carbocycles. The summed E-state index contributed by atoms with van der Waals surface area (Å²) in [6.45, 7) is 5.36. The quantitative estimate of drug-likeness (QED) is 0.191. The van der Waals surface area contributed by atoms with Crippen molar-refractivity contribution >= 4 is 43.2 Å². The fourth-order valence-corrected chi connectivity index (χ4v) is 7.15. The molecule has 0 saturated carbocycles. The van der Waals surface area contributed by atoms with Crippen molar-refractivity contribution in [2.24, 2.45) is 0 Å². The first-order valence-electron chi connectivity index (χ1n) is 12.5. The van der Waals surface area contributed by atoms with Crippen LogP contribution in [0.1, 0.15) is 31.5 Å². The molecule has 1 aliphatic rings. The maximum absolute atomic E-state index is 15.2. The number of hydrogen-bond acceptors (Lipinski definition) is 6. The number of halogens is 1. The van der Waals surface area contributed by atoms with Crippen molar-refractivity contribution in [2.45, 2.75) is 31.9 Å². The van der Waals surface area contributed by atoms with Crippen LogP contribution in [0.15, 0.2) is 84.7 Å². The number of nitro groups is 1. The first-order chi connectivity index (χ1) is 19.0. The fraction of sp³-hybridized carbons (Fsp3) is 0.172. The Morgan fingerprint density at radius 3 is 2.60 bits per heavy atom. The number of allylic oxidation sites excluding steroid dienone is 3. The fourth-order valence-electron chi connectivity index (χ4n) is 5.54. The van der Waals surface area contributed by atoms with Crippen molar-refractivity contribution in [3.8, 4) is 5.69 Å². The van der Waals surface area contributed by atoms with Crippen LogP contribution >= 0.6 is 0 Å². The summed E-state index contributed by atoms with van der Waals surface area (Å²) in [5, 5.41) is 16.8. The van der Waals surface area contributed by atoms with Crippen LogP contribution < -0.4 is 0 Å². The molecule has 0 saturated heterocycles. The van der Waals surface area contributed by atoms with Gasteiger partial charge in [-0.2, -0.15) is 9.19 Å². The molecule has 3 aromatic heterocycles. The minimum atomic E-state index is -3.93. The lowest BCUT2D eigenvalue weighted by molar-refractivity contribution is -0.385. The van der Waals surface area contributed by atoms with Crippen LogP contribution in [0.5, 0.6) is 0 Å². The average Bonchev–Trinajstić information content (AvgIpc) is 3.48. The normalized spacial score (nSPS) is 17.7. The molecule has 1 atom stereocenters. The lowest BCUT2D eigenvalue weighted by atomic mass is 9.87. The molecule has 0 N–H and O–H groups in total. The monoisotopic (exact) mass is 557 g/mol. The van der Waals surface area contributed by atoms with Gasteiger partial charge in [-0.25, -0.2) is 17.8 Å². The van der Waals surface area contributed by atoms with Gasteiger partial charge in [0.05, 0.1) is 28.4 Å². The van der Waals surface area contributed by atoms with Crippen LogP contribution in [0.2, 0.25) is 0 Å². The van der Waals surface area contributed by atoms with Crippen LogP contribution in [0.25, 0.3) is 33.2 Å². The summed E-state index contributed by atoms with van der Waals surface area (Å²) in [6.07, 6.45) is 6.97. The van der Waals surface area contributed by atoms with Gasteiger partial charge in [-0.3, -0.25) is 14.7 Å². The van der Waals surface area contributed by atoms with E-state index >= 15 is 4.39 Å². The number of nitro benzene ring substituents is 1. The molecule has 1 aliphatic carbocycles. The second kappa shape index (κ2) is 8.95. The average molecular weight is 558 g/mol. The number of pyridine rings is 1. The third kappa shape index (κ3) is 3.69. The van der Waals surface area contributed by atoms with Gasteiger partial charge in [0, 0.05) is 34.3 Å². The zero-order chi connectivity index (χ0) is 28.4. The third-order valence-electron chi connectivity index (χ3n) is 7.54. The second-order valence-corrected chi connectivity index (χ2v) is 12.3. The molecule has 202 valence electrons. The van der Waals surface area contributed by atoms with Gasteiger partial charge < -0.3 is 0 Å². The van der Waals surface area contributed by atoms with Crippen molar-refractivity contribution in [1.82, 2.24) is 18.7 Å². The Morgan fingerprint density at radius 2 is 1.88 bits per heavy atom. The third-order valence-corrected chi connectivity index (χ3v) is 9.75. The van der Waals surface area contributed by atoms with Gasteiger partial charge in [-0.15, -0.1) is 0 Å². The number of non-ortho nitro benzene ring substituents is 1. The summed E-state index contributed by atoms with van der Waals surface area (Å²) < 4.78 is 44.4. The largest absolute Gasteiger partial charge is 0.295 e. The van der Waals surface area contributed by atoms with E-state index in [4.69, 9.17) is 0 Å². The predicted octanol–water partition coefficient (Wildman–Crippen LogP) is 6.10. The minimum absolute atomic E-state index is 0.133. The molecular weight excluding hydrogens is 533 g/mol. The number of fused-ring (bicyclic) bond motifs is 2. The number of rotatable bonds is 5. The Morgan fingerprint density at radius 1 is 1.10 bits per heavy atom. The van der Waals surface area contributed by atoms with Gasteiger partial charge in [0.2, 0.25) is 0 Å². The predicted molar refractivity (Wildman–Crippen MR) is 151 cm³/mol. The van der Waals surface area contributed by atoms with E-state index in [1.165, 1.54) is 12.1 Å². The SMILES string of the molecule is CC1=CC(C)(S(=O)(=O)n2ncc3ccccc32)CC=C1c1c(C)n(-c2ccc([N+](=O)[O-])cc2F)c2ncccc12. The van der Waals surface area contributed by atoms with E-state index in [0.29, 0.717) is 16.9 Å². The highest BCUT2D eigenvalue weighted by Gasteiger charge is 2.41. The Balaban J connectivity index is 1.47. The van der Waals surface area contributed by atoms with Crippen LogP contribution in [0, 0.1) is 22.9 Å². The van der Waals surface area contributed by atoms with Gasteiger partial charge in [-0.05, 0) is 62.6 Å². The molecule has 5 aromatic rings. The second-order valence-electron chi connectivity index (χ2n) is 10.1. The van der Waals surface area contributed by atoms with Crippen LogP contribution in [-0.4, -0.2) is 36.8 Å². The topological polar surface area (TPSA) is 113 Å². The molecule has 0 aliphatic heterocycles. The molecule has 0 radical (unpaired) electrons. The van der Waals surface area contributed by atoms with E-state index in [2.05, 4.69) is 10.1 Å². The minimum Gasteiger partial charge on any atom is -0.295 e. The van der Waals surface area contributed by atoms with Crippen LogP contribution in [0.3, 0.4) is 0 Å². The number of benzene rings is 2. The van der Waals surface area contributed by atoms with Crippen LogP contribution in [0.4, 0.5) is 10.1 Å². The maximum atomic E-state index is 15.2. The highest BCUT2D eigenvalue weighted by atomic mass is 32.2. The Bertz CT molecular complexity index is 2040. The summed E-state index contributed by atoms with van der Waals surface area (Å²) in [6, 6.07) is 14.3. The first-order valence-corrected chi connectivity index (χ1v) is 14.0. The van der Waals surface area contributed by atoms with Crippen molar-refractivity contribution in [3.05, 3.63) is 112 Å². The molecule has 0 amide bonds. The van der Waals surface area contributed by atoms with Gasteiger partial charge in [0.15, 0.2) is 5.82 Å². The molecule has 9 nitrogen and oxygen atoms in total. The molecule has 6 rings (SSSR count). The molecule has 1 unspecified atom stereocenters. The van der Waals surface area contributed by atoms with Crippen molar-refractivity contribution in [2.75, 3.05) is 0 Å². The molecule has 40 heavy (non-hydrogen) atoms. The van der Waals surface area contributed by atoms with Crippen molar-refractivity contribution < 1.29 is 17.7 Å². The van der Waals surface area contributed by atoms with E-state index in [1.807, 2.05) is 38.1 Å². The highest BCUT2D eigenvalue weighted by molar-refractivity contribution is 7.91. The van der Waals surface area contributed by atoms with Crippen molar-refractivity contribution in [3.63, 3.8) is 0 Å². The van der Waals surface area contributed by atoms with E-state index < -0.39 is 25.5 Å². The highest BCUT2D eigenvalue weighted by Crippen LogP contribution is 2.42. The summed E-state index contributed by atoms with van der Waals surface area (Å²) in [7, 11) is -3.93. The van der Waals surface area contributed by atoms with Crippen LogP contribution in [-0.2, 0) is 10.0 Å². The van der Waals surface area contributed by atoms with E-state index in [1.54, 1.807) is 48.2 Å². The molecule has 0 bridgehead atoms. The Hall–Kier alpha value is -4.64. The van der Waals surface area contributed by atoms with Gasteiger partial charge in [0.25, 0.3) is 15.7 Å². The maximum Gasteiger partial charge on any atom is 0.272 e. The smallest absolute Gasteiger partial charge is 0.272 e. The Kier molecular flexibility index (Phi) is 5.74. The molecule has 11 heteroatoms. The first kappa shape index (κ1) is 25.6. The summed E-state index contributed by atoms with van der Waals surface area (Å²) in [5.41, 5.74) is 3.80.